The van der Waals surface area contributed by atoms with Gasteiger partial charge in [0, 0.05) is 0 Å². The van der Waals surface area contributed by atoms with Crippen molar-refractivity contribution in [3.63, 3.8) is 0 Å². The molecule has 0 saturated heterocycles. The van der Waals surface area contributed by atoms with Gasteiger partial charge in [0.1, 0.15) is 0 Å². The van der Waals surface area contributed by atoms with Gasteiger partial charge in [0.05, 0.1) is 0 Å². The number of rotatable bonds is 9. The standard InChI is InChI=1S/C14H19NO3.3C6H5.Sn/c1-9(2)8-12(14(17)18)15-10(3)11-6-4-5-7-13(11)16;3*1-2-4-6-5-3-1;/h4-7,9,12,16H,8H2,1-3H3,(H,17,18);3*1-5H;/q;;;;+1/p-1/t12-;;;;/m0..../s1. The summed E-state index contributed by atoms with van der Waals surface area (Å²) in [6, 6.07) is 36.9. The van der Waals surface area contributed by atoms with E-state index in [9.17, 15) is 9.90 Å². The van der Waals surface area contributed by atoms with Crippen LogP contribution in [0.5, 0.6) is 5.75 Å². The van der Waals surface area contributed by atoms with Crippen molar-refractivity contribution in [3.05, 3.63) is 121 Å². The van der Waals surface area contributed by atoms with Gasteiger partial charge in [-0.05, 0) is 0 Å². The molecule has 0 saturated carbocycles. The van der Waals surface area contributed by atoms with Gasteiger partial charge in [0.2, 0.25) is 0 Å². The molecule has 37 heavy (non-hydrogen) atoms. The van der Waals surface area contributed by atoms with E-state index in [1.807, 2.05) is 73.7 Å². The van der Waals surface area contributed by atoms with E-state index in [-0.39, 0.29) is 17.6 Å². The number of aliphatic imine (C=N–C) groups is 1. The van der Waals surface area contributed by atoms with Crippen molar-refractivity contribution in [1.82, 2.24) is 0 Å². The Kier molecular flexibility index (Phi) is 8.82. The molecule has 0 aliphatic heterocycles. The van der Waals surface area contributed by atoms with E-state index in [1.54, 1.807) is 12.1 Å². The van der Waals surface area contributed by atoms with Crippen molar-refractivity contribution in [2.75, 3.05) is 0 Å². The first-order valence-corrected chi connectivity index (χ1v) is 18.1. The van der Waals surface area contributed by atoms with E-state index >= 15 is 0 Å². The van der Waals surface area contributed by atoms with Crippen LogP contribution in [0.3, 0.4) is 0 Å². The number of aromatic hydroxyl groups is 1. The normalized spacial score (nSPS) is 12.8. The van der Waals surface area contributed by atoms with Crippen molar-refractivity contribution >= 4 is 41.2 Å². The molecule has 0 spiro atoms. The SMILES string of the molecule is CC(=N[C@@H](CC(C)C)C(=O)[O][Sn]([c]1ccccc1)([c]1ccccc1)[c]1ccccc1)c1ccccc1O. The van der Waals surface area contributed by atoms with Crippen molar-refractivity contribution < 1.29 is 13.0 Å². The molecule has 0 fully saturated rings. The first kappa shape index (κ1) is 26.7. The Labute approximate surface area is 224 Å². The molecule has 4 aromatic rings. The molecule has 0 aliphatic carbocycles. The zero-order chi connectivity index (χ0) is 26.3. The summed E-state index contributed by atoms with van der Waals surface area (Å²) in [6.07, 6.45) is 0.546. The number of phenolic OH excluding ortho intramolecular Hbond substituents is 1. The quantitative estimate of drug-likeness (QED) is 0.222. The molecule has 0 aliphatic rings. The van der Waals surface area contributed by atoms with E-state index < -0.39 is 24.8 Å². The maximum atomic E-state index is 14.1. The monoisotopic (exact) mass is 599 g/mol. The van der Waals surface area contributed by atoms with Crippen molar-refractivity contribution in [2.45, 2.75) is 33.2 Å². The molecule has 188 valence electrons. The van der Waals surface area contributed by atoms with Crippen molar-refractivity contribution in [2.24, 2.45) is 10.9 Å². The number of phenols is 1. The second-order valence-corrected chi connectivity index (χ2v) is 19.0. The Morgan fingerprint density at radius 3 is 1.62 bits per heavy atom. The van der Waals surface area contributed by atoms with Gasteiger partial charge in [0.15, 0.2) is 0 Å². The van der Waals surface area contributed by atoms with Crippen molar-refractivity contribution in [1.29, 1.82) is 0 Å². The number of carbonyl (C=O) groups excluding carboxylic acids is 1. The molecule has 1 N–H and O–H groups in total. The number of carbonyl (C=O) groups is 1. The second-order valence-electron chi connectivity index (χ2n) is 9.58. The van der Waals surface area contributed by atoms with E-state index in [1.165, 1.54) is 0 Å². The summed E-state index contributed by atoms with van der Waals surface area (Å²) in [5.41, 5.74) is 1.23. The summed E-state index contributed by atoms with van der Waals surface area (Å²) in [4.78, 5) is 19.0. The third kappa shape index (κ3) is 6.13. The van der Waals surface area contributed by atoms with Gasteiger partial charge in [-0.25, -0.2) is 0 Å². The van der Waals surface area contributed by atoms with Crippen LogP contribution in [-0.4, -0.2) is 41.6 Å². The number of hydrogen-bond acceptors (Lipinski definition) is 4. The van der Waals surface area contributed by atoms with Gasteiger partial charge in [-0.15, -0.1) is 0 Å². The number of hydrogen-bond donors (Lipinski definition) is 1. The molecule has 4 nitrogen and oxygen atoms in total. The number of para-hydroxylation sites is 1. The van der Waals surface area contributed by atoms with Gasteiger partial charge in [-0.1, -0.05) is 0 Å². The van der Waals surface area contributed by atoms with Gasteiger partial charge >= 0.3 is 225 Å². The Balaban J connectivity index is 1.85. The van der Waals surface area contributed by atoms with Crippen molar-refractivity contribution in [3.8, 4) is 5.75 Å². The van der Waals surface area contributed by atoms with Crippen LogP contribution in [0.4, 0.5) is 0 Å². The first-order chi connectivity index (χ1) is 17.9. The summed E-state index contributed by atoms with van der Waals surface area (Å²) in [7, 11) is 0. The summed E-state index contributed by atoms with van der Waals surface area (Å²) in [6.45, 7) is 5.98. The molecular formula is C32H33NO3Sn. The summed E-state index contributed by atoms with van der Waals surface area (Å²) >= 11 is -4.26. The molecular weight excluding hydrogens is 565 g/mol. The molecule has 0 heterocycles. The molecule has 0 amide bonds. The third-order valence-electron chi connectivity index (χ3n) is 6.40. The minimum atomic E-state index is -4.26. The molecule has 0 radical (unpaired) electrons. The van der Waals surface area contributed by atoms with Gasteiger partial charge in [0.25, 0.3) is 0 Å². The van der Waals surface area contributed by atoms with Crippen LogP contribution in [0.15, 0.2) is 120 Å². The van der Waals surface area contributed by atoms with Crippen LogP contribution < -0.4 is 10.7 Å². The van der Waals surface area contributed by atoms with Gasteiger partial charge in [-0.3, -0.25) is 0 Å². The van der Waals surface area contributed by atoms with Crippen LogP contribution in [0.2, 0.25) is 0 Å². The fourth-order valence-electron chi connectivity index (χ4n) is 4.65. The second kappa shape index (κ2) is 12.2. The zero-order valence-corrected chi connectivity index (χ0v) is 24.4. The van der Waals surface area contributed by atoms with Crippen LogP contribution in [-0.2, 0) is 7.87 Å². The predicted octanol–water partition coefficient (Wildman–Crippen LogP) is 4.83. The fraction of sp³-hybridized carbons (Fsp3) is 0.188. The van der Waals surface area contributed by atoms with Gasteiger partial charge in [-0.2, -0.15) is 0 Å². The zero-order valence-electron chi connectivity index (χ0n) is 21.5. The van der Waals surface area contributed by atoms with E-state index in [0.717, 1.165) is 10.7 Å². The van der Waals surface area contributed by atoms with E-state index in [4.69, 9.17) is 8.07 Å². The van der Waals surface area contributed by atoms with Crippen LogP contribution in [0.1, 0.15) is 32.8 Å². The van der Waals surface area contributed by atoms with E-state index in [0.29, 0.717) is 17.7 Å². The minimum absolute atomic E-state index is 0.145. The molecule has 0 unspecified atom stereocenters. The summed E-state index contributed by atoms with van der Waals surface area (Å²) in [5.74, 6) is 0.0517. The third-order valence-corrected chi connectivity index (χ3v) is 17.7. The van der Waals surface area contributed by atoms with Crippen LogP contribution >= 0.6 is 0 Å². The molecule has 4 rings (SSSR count). The van der Waals surface area contributed by atoms with Gasteiger partial charge < -0.3 is 0 Å². The van der Waals surface area contributed by atoms with Crippen LogP contribution in [0, 0.1) is 5.92 Å². The topological polar surface area (TPSA) is 58.9 Å². The molecule has 1 atom stereocenters. The average molecular weight is 598 g/mol. The number of nitrogens with zero attached hydrogens (tertiary/aromatic N) is 1. The first-order valence-electron chi connectivity index (χ1n) is 12.6. The molecule has 0 aromatic heterocycles. The maximum absolute atomic E-state index is 14.1. The van der Waals surface area contributed by atoms with Crippen LogP contribution in [0.25, 0.3) is 0 Å². The number of benzene rings is 4. The Hall–Kier alpha value is -3.38. The Morgan fingerprint density at radius 2 is 1.19 bits per heavy atom. The average Bonchev–Trinajstić information content (AvgIpc) is 2.92. The Morgan fingerprint density at radius 1 is 0.757 bits per heavy atom. The Bertz CT molecular complexity index is 1240. The molecule has 0 bridgehead atoms. The predicted molar refractivity (Wildman–Crippen MR) is 154 cm³/mol. The fourth-order valence-corrected chi connectivity index (χ4v) is 15.4. The van der Waals surface area contributed by atoms with E-state index in [2.05, 4.69) is 50.2 Å². The summed E-state index contributed by atoms with van der Waals surface area (Å²) in [5, 5.41) is 10.4. The summed E-state index contributed by atoms with van der Waals surface area (Å²) < 4.78 is 10.0. The molecule has 5 heteroatoms. The molecule has 4 aromatic carbocycles.